The Balaban J connectivity index is 2.20. The van der Waals surface area contributed by atoms with Crippen molar-refractivity contribution in [2.75, 3.05) is 25.6 Å². The molecule has 1 aromatic rings. The molecule has 2 heterocycles. The highest BCUT2D eigenvalue weighted by atomic mass is 31.3. The van der Waals surface area contributed by atoms with Crippen LogP contribution in [0.1, 0.15) is 6.23 Å². The van der Waals surface area contributed by atoms with E-state index in [4.69, 9.17) is 30.1 Å². The number of nitrogens with two attached hydrogens (primary N) is 1. The first-order valence-corrected chi connectivity index (χ1v) is 11.2. The number of aromatic nitrogens is 2. The molecular formula is C12H21N3O13P2. The molecule has 0 saturated carbocycles. The largest absolute Gasteiger partial charge is 0.481 e. The predicted molar refractivity (Wildman–Crippen MR) is 94.6 cm³/mol. The Hall–Kier alpha value is -1.26. The molecule has 2 unspecified atom stereocenters. The third-order valence-corrected chi connectivity index (χ3v) is 5.89. The SMILES string of the molecule is Nc1ccn([C@@H]2O[C@H](COP(=O)(O)OP(=O)(O)O)[C@@H](OCC(O)CO)[C@H]2O)c(=O)n1. The fraction of sp³-hybridized carbons (Fsp3) is 0.667. The molecule has 1 saturated heterocycles. The van der Waals surface area contributed by atoms with Gasteiger partial charge in [0.05, 0.1) is 19.8 Å². The quantitative estimate of drug-likeness (QED) is 0.166. The summed E-state index contributed by atoms with van der Waals surface area (Å²) >= 11 is 0. The molecule has 0 aliphatic carbocycles. The molecule has 1 aliphatic heterocycles. The van der Waals surface area contributed by atoms with Crippen molar-refractivity contribution in [3.8, 4) is 0 Å². The molecule has 0 amide bonds. The number of aliphatic hydroxyl groups is 3. The number of rotatable bonds is 10. The number of nitrogens with zero attached hydrogens (tertiary/aromatic N) is 2. The van der Waals surface area contributed by atoms with Gasteiger partial charge in [0, 0.05) is 6.20 Å². The Kier molecular flexibility index (Phi) is 8.26. The molecule has 16 nitrogen and oxygen atoms in total. The van der Waals surface area contributed by atoms with Gasteiger partial charge in [0.2, 0.25) is 0 Å². The number of nitrogen functional groups attached to an aromatic ring is 1. The lowest BCUT2D eigenvalue weighted by Gasteiger charge is -2.22. The summed E-state index contributed by atoms with van der Waals surface area (Å²) in [7, 11) is -10.6. The molecule has 2 rings (SSSR count). The van der Waals surface area contributed by atoms with E-state index < -0.39 is 71.8 Å². The van der Waals surface area contributed by atoms with Crippen LogP contribution in [-0.2, 0) is 27.4 Å². The lowest BCUT2D eigenvalue weighted by atomic mass is 10.1. The van der Waals surface area contributed by atoms with Crippen molar-refractivity contribution in [3.05, 3.63) is 22.7 Å². The first kappa shape index (κ1) is 25.0. The number of phosphoric ester groups is 1. The molecule has 172 valence electrons. The van der Waals surface area contributed by atoms with Gasteiger partial charge in [-0.05, 0) is 6.07 Å². The van der Waals surface area contributed by atoms with Crippen LogP contribution in [-0.4, -0.2) is 83.8 Å². The van der Waals surface area contributed by atoms with Crippen LogP contribution in [0.2, 0.25) is 0 Å². The highest BCUT2D eigenvalue weighted by Crippen LogP contribution is 2.57. The smallest absolute Gasteiger partial charge is 0.394 e. The van der Waals surface area contributed by atoms with Crippen molar-refractivity contribution < 1.29 is 57.4 Å². The Morgan fingerprint density at radius 3 is 2.57 bits per heavy atom. The minimum Gasteiger partial charge on any atom is -0.394 e. The topological polar surface area (TPSA) is 253 Å². The van der Waals surface area contributed by atoms with E-state index in [2.05, 4.69) is 13.8 Å². The normalized spacial score (nSPS) is 27.7. The molecule has 8 N–H and O–H groups in total. The van der Waals surface area contributed by atoms with Gasteiger partial charge < -0.3 is 45.2 Å². The molecule has 6 atom stereocenters. The molecule has 0 aromatic carbocycles. The summed E-state index contributed by atoms with van der Waals surface area (Å²) in [6.07, 6.45) is -5.92. The third kappa shape index (κ3) is 6.88. The van der Waals surface area contributed by atoms with E-state index in [0.29, 0.717) is 0 Å². The maximum atomic E-state index is 12.0. The highest BCUT2D eigenvalue weighted by Gasteiger charge is 2.47. The number of phosphoric acid groups is 2. The first-order chi connectivity index (χ1) is 13.8. The second-order valence-corrected chi connectivity index (χ2v) is 8.90. The molecule has 0 radical (unpaired) electrons. The van der Waals surface area contributed by atoms with Gasteiger partial charge in [-0.2, -0.15) is 9.29 Å². The maximum Gasteiger partial charge on any atom is 0.481 e. The predicted octanol–water partition coefficient (Wildman–Crippen LogP) is -2.95. The van der Waals surface area contributed by atoms with E-state index in [-0.39, 0.29) is 5.82 Å². The van der Waals surface area contributed by atoms with Crippen molar-refractivity contribution >= 4 is 21.5 Å². The minimum absolute atomic E-state index is 0.0988. The van der Waals surface area contributed by atoms with Crippen LogP contribution >= 0.6 is 15.6 Å². The Labute approximate surface area is 168 Å². The average molecular weight is 477 g/mol. The first-order valence-electron chi connectivity index (χ1n) is 8.16. The van der Waals surface area contributed by atoms with Crippen molar-refractivity contribution in [1.82, 2.24) is 9.55 Å². The van der Waals surface area contributed by atoms with Crippen molar-refractivity contribution in [2.24, 2.45) is 0 Å². The zero-order chi connectivity index (χ0) is 22.7. The molecule has 1 aliphatic rings. The zero-order valence-electron chi connectivity index (χ0n) is 15.1. The second-order valence-electron chi connectivity index (χ2n) is 6.07. The molecule has 0 bridgehead atoms. The summed E-state index contributed by atoms with van der Waals surface area (Å²) in [6.45, 7) is -2.04. The lowest BCUT2D eigenvalue weighted by molar-refractivity contribution is -0.0847. The number of hydrogen-bond donors (Lipinski definition) is 7. The number of anilines is 1. The van der Waals surface area contributed by atoms with Gasteiger partial charge in [-0.15, -0.1) is 0 Å². The number of ether oxygens (including phenoxy) is 2. The Morgan fingerprint density at radius 2 is 2.00 bits per heavy atom. The summed E-state index contributed by atoms with van der Waals surface area (Å²) in [4.78, 5) is 42.1. The van der Waals surface area contributed by atoms with Crippen LogP contribution in [0.3, 0.4) is 0 Å². The van der Waals surface area contributed by atoms with Crippen LogP contribution in [0.15, 0.2) is 17.1 Å². The molecule has 1 aromatic heterocycles. The molecule has 0 spiro atoms. The van der Waals surface area contributed by atoms with Crippen LogP contribution in [0.5, 0.6) is 0 Å². The highest BCUT2D eigenvalue weighted by molar-refractivity contribution is 7.60. The second kappa shape index (κ2) is 9.91. The van der Waals surface area contributed by atoms with Gasteiger partial charge in [0.25, 0.3) is 0 Å². The molecule has 30 heavy (non-hydrogen) atoms. The average Bonchev–Trinajstić information content (AvgIpc) is 2.92. The number of hydrogen-bond acceptors (Lipinski definition) is 12. The van der Waals surface area contributed by atoms with Crippen molar-refractivity contribution in [2.45, 2.75) is 30.6 Å². The van der Waals surface area contributed by atoms with E-state index >= 15 is 0 Å². The molecule has 18 heteroatoms. The van der Waals surface area contributed by atoms with Gasteiger partial charge in [-0.25, -0.2) is 13.9 Å². The maximum absolute atomic E-state index is 12.0. The summed E-state index contributed by atoms with van der Waals surface area (Å²) in [6, 6.07) is 1.24. The van der Waals surface area contributed by atoms with Gasteiger partial charge >= 0.3 is 21.3 Å². The summed E-state index contributed by atoms with van der Waals surface area (Å²) in [5.41, 5.74) is 4.50. The third-order valence-electron chi connectivity index (χ3n) is 3.74. The Morgan fingerprint density at radius 1 is 1.33 bits per heavy atom. The standard InChI is InChI=1S/C12H21N3O13P2/c13-8-1-2-15(12(19)14-8)11-9(18)10(25-4-6(17)3-16)7(27-11)5-26-30(23,24)28-29(20,21)22/h1-2,6-7,9-11,16-18H,3-5H2,(H,23,24)(H2,13,14,19)(H2,20,21,22)/t6?,7-,9-,10-,11-/m1/s1. The van der Waals surface area contributed by atoms with Gasteiger partial charge in [-0.1, -0.05) is 0 Å². The van der Waals surface area contributed by atoms with Gasteiger partial charge in [-0.3, -0.25) is 9.09 Å². The summed E-state index contributed by atoms with van der Waals surface area (Å²) < 4.78 is 42.1. The van der Waals surface area contributed by atoms with Crippen LogP contribution in [0, 0.1) is 0 Å². The van der Waals surface area contributed by atoms with E-state index in [9.17, 15) is 29.0 Å². The van der Waals surface area contributed by atoms with Crippen LogP contribution in [0.4, 0.5) is 5.82 Å². The fourth-order valence-corrected chi connectivity index (χ4v) is 4.11. The minimum atomic E-state index is -5.36. The number of aliphatic hydroxyl groups excluding tert-OH is 3. The lowest BCUT2D eigenvalue weighted by Crippen LogP contribution is -2.40. The van der Waals surface area contributed by atoms with E-state index in [0.717, 1.165) is 10.8 Å². The zero-order valence-corrected chi connectivity index (χ0v) is 16.9. The van der Waals surface area contributed by atoms with E-state index in [1.165, 1.54) is 6.07 Å². The fourth-order valence-electron chi connectivity index (χ4n) is 2.51. The van der Waals surface area contributed by atoms with Crippen LogP contribution < -0.4 is 11.4 Å². The van der Waals surface area contributed by atoms with E-state index in [1.54, 1.807) is 0 Å². The monoisotopic (exact) mass is 477 g/mol. The van der Waals surface area contributed by atoms with Gasteiger partial charge in [0.15, 0.2) is 6.23 Å². The molecular weight excluding hydrogens is 456 g/mol. The molecule has 1 fully saturated rings. The van der Waals surface area contributed by atoms with E-state index in [1.807, 2.05) is 0 Å². The summed E-state index contributed by atoms with van der Waals surface area (Å²) in [5, 5.41) is 28.8. The van der Waals surface area contributed by atoms with Crippen molar-refractivity contribution in [1.29, 1.82) is 0 Å². The van der Waals surface area contributed by atoms with Crippen LogP contribution in [0.25, 0.3) is 0 Å². The summed E-state index contributed by atoms with van der Waals surface area (Å²) in [5.74, 6) is -0.0988. The Bertz CT molecular complexity index is 875. The van der Waals surface area contributed by atoms with Gasteiger partial charge in [0.1, 0.15) is 30.2 Å². The van der Waals surface area contributed by atoms with Crippen molar-refractivity contribution in [3.63, 3.8) is 0 Å².